The lowest BCUT2D eigenvalue weighted by Crippen LogP contribution is -2.09. The van der Waals surface area contributed by atoms with E-state index in [-0.39, 0.29) is 12.4 Å². The van der Waals surface area contributed by atoms with Crippen LogP contribution in [-0.4, -0.2) is 23.0 Å². The third kappa shape index (κ3) is 3.23. The van der Waals surface area contributed by atoms with E-state index < -0.39 is 0 Å². The van der Waals surface area contributed by atoms with Gasteiger partial charge in [-0.05, 0) is 44.0 Å². The van der Waals surface area contributed by atoms with Crippen molar-refractivity contribution in [3.8, 4) is 0 Å². The number of anilines is 2. The maximum absolute atomic E-state index is 11.6. The Morgan fingerprint density at radius 3 is 2.75 bits per heavy atom. The van der Waals surface area contributed by atoms with Gasteiger partial charge in [0.15, 0.2) is 0 Å². The quantitative estimate of drug-likeness (QED) is 0.725. The van der Waals surface area contributed by atoms with Crippen molar-refractivity contribution in [3.63, 3.8) is 0 Å². The van der Waals surface area contributed by atoms with Crippen molar-refractivity contribution in [2.24, 2.45) is 0 Å². The number of thiophene rings is 1. The van der Waals surface area contributed by atoms with E-state index in [1.807, 2.05) is 25.1 Å². The molecular formula is C18H19N3O2S. The highest BCUT2D eigenvalue weighted by Crippen LogP contribution is 2.34. The largest absolute Gasteiger partial charge is 0.469 e. The normalized spacial score (nSPS) is 10.8. The van der Waals surface area contributed by atoms with Crippen molar-refractivity contribution >= 4 is 39.0 Å². The van der Waals surface area contributed by atoms with Gasteiger partial charge in [-0.2, -0.15) is 0 Å². The molecule has 2 heterocycles. The molecule has 0 aliphatic carbocycles. The number of benzene rings is 1. The molecule has 0 aliphatic heterocycles. The summed E-state index contributed by atoms with van der Waals surface area (Å²) in [5, 5.41) is 4.38. The topological polar surface area (TPSA) is 64.1 Å². The molecule has 0 radical (unpaired) electrons. The number of ether oxygens (including phenoxy) is 1. The smallest absolute Gasteiger partial charge is 0.313 e. The van der Waals surface area contributed by atoms with Crippen LogP contribution in [0.3, 0.4) is 0 Å². The van der Waals surface area contributed by atoms with Crippen LogP contribution in [0.15, 0.2) is 24.3 Å². The molecule has 5 nitrogen and oxygen atoms in total. The maximum atomic E-state index is 11.6. The summed E-state index contributed by atoms with van der Waals surface area (Å²) in [5.41, 5.74) is 3.29. The van der Waals surface area contributed by atoms with Crippen LogP contribution in [0.4, 0.5) is 11.5 Å². The van der Waals surface area contributed by atoms with Gasteiger partial charge in [0, 0.05) is 10.6 Å². The Labute approximate surface area is 144 Å². The lowest BCUT2D eigenvalue weighted by molar-refractivity contribution is -0.139. The predicted octanol–water partition coefficient (Wildman–Crippen LogP) is 4.08. The molecule has 0 saturated heterocycles. The molecule has 6 heteroatoms. The Morgan fingerprint density at radius 2 is 2.04 bits per heavy atom. The van der Waals surface area contributed by atoms with Gasteiger partial charge >= 0.3 is 5.97 Å². The molecule has 3 rings (SSSR count). The van der Waals surface area contributed by atoms with Crippen LogP contribution in [0, 0.1) is 20.8 Å². The van der Waals surface area contributed by atoms with E-state index in [4.69, 9.17) is 4.74 Å². The highest BCUT2D eigenvalue weighted by Gasteiger charge is 2.16. The van der Waals surface area contributed by atoms with Gasteiger partial charge in [-0.15, -0.1) is 11.3 Å². The second-order valence-corrected chi connectivity index (χ2v) is 6.90. The first kappa shape index (κ1) is 16.4. The van der Waals surface area contributed by atoms with Gasteiger partial charge in [-0.25, -0.2) is 9.97 Å². The average molecular weight is 341 g/mol. The van der Waals surface area contributed by atoms with Crippen LogP contribution in [0.2, 0.25) is 0 Å². The van der Waals surface area contributed by atoms with Crippen LogP contribution in [0.5, 0.6) is 0 Å². The number of nitrogens with zero attached hydrogens (tertiary/aromatic N) is 2. The van der Waals surface area contributed by atoms with Crippen molar-refractivity contribution in [2.45, 2.75) is 27.2 Å². The van der Waals surface area contributed by atoms with E-state index in [0.29, 0.717) is 5.82 Å². The van der Waals surface area contributed by atoms with E-state index in [1.165, 1.54) is 17.6 Å². The summed E-state index contributed by atoms with van der Waals surface area (Å²) in [5.74, 6) is 0.845. The number of nitrogens with one attached hydrogen (secondary N) is 1. The number of esters is 1. The Bertz CT molecular complexity index is 918. The molecule has 0 saturated carbocycles. The summed E-state index contributed by atoms with van der Waals surface area (Å²) >= 11 is 1.61. The standard InChI is InChI=1S/C18H19N3O2S/c1-10-6-5-7-13(8-10)19-17-16-11(2)12(3)24-18(16)21-14(20-17)9-15(22)23-4/h5-8H,9H2,1-4H3,(H,19,20,21). The number of hydrogen-bond acceptors (Lipinski definition) is 6. The third-order valence-electron chi connectivity index (χ3n) is 3.89. The maximum Gasteiger partial charge on any atom is 0.313 e. The second-order valence-electron chi connectivity index (χ2n) is 5.70. The molecule has 0 amide bonds. The minimum atomic E-state index is -0.346. The van der Waals surface area contributed by atoms with E-state index in [1.54, 1.807) is 11.3 Å². The Hall–Kier alpha value is -2.47. The number of rotatable bonds is 4. The molecular weight excluding hydrogens is 322 g/mol. The van der Waals surface area contributed by atoms with Crippen LogP contribution in [-0.2, 0) is 16.0 Å². The van der Waals surface area contributed by atoms with Gasteiger partial charge < -0.3 is 10.1 Å². The number of aryl methyl sites for hydroxylation is 3. The highest BCUT2D eigenvalue weighted by molar-refractivity contribution is 7.18. The summed E-state index contributed by atoms with van der Waals surface area (Å²) < 4.78 is 4.73. The zero-order chi connectivity index (χ0) is 17.3. The number of carbonyl (C=O) groups excluding carboxylic acids is 1. The molecule has 2 aromatic heterocycles. The highest BCUT2D eigenvalue weighted by atomic mass is 32.1. The summed E-state index contributed by atoms with van der Waals surface area (Å²) in [6.07, 6.45) is 0.0604. The molecule has 0 atom stereocenters. The van der Waals surface area contributed by atoms with Crippen molar-refractivity contribution in [1.29, 1.82) is 0 Å². The fourth-order valence-corrected chi connectivity index (χ4v) is 3.57. The van der Waals surface area contributed by atoms with Crippen LogP contribution in [0.25, 0.3) is 10.2 Å². The molecule has 0 unspecified atom stereocenters. The van der Waals surface area contributed by atoms with E-state index in [2.05, 4.69) is 35.2 Å². The first-order valence-electron chi connectivity index (χ1n) is 7.65. The monoisotopic (exact) mass is 341 g/mol. The molecule has 124 valence electrons. The van der Waals surface area contributed by atoms with Crippen molar-refractivity contribution in [3.05, 3.63) is 46.1 Å². The van der Waals surface area contributed by atoms with Crippen LogP contribution < -0.4 is 5.32 Å². The van der Waals surface area contributed by atoms with Crippen molar-refractivity contribution in [2.75, 3.05) is 12.4 Å². The fraction of sp³-hybridized carbons (Fsp3) is 0.278. The lowest BCUT2D eigenvalue weighted by Gasteiger charge is -2.10. The molecule has 0 spiro atoms. The number of carbonyl (C=O) groups is 1. The fourth-order valence-electron chi connectivity index (χ4n) is 2.52. The Morgan fingerprint density at radius 1 is 1.25 bits per heavy atom. The number of fused-ring (bicyclic) bond motifs is 1. The number of aromatic nitrogens is 2. The van der Waals surface area contributed by atoms with Crippen LogP contribution in [0.1, 0.15) is 21.8 Å². The summed E-state index contributed by atoms with van der Waals surface area (Å²) in [6.45, 7) is 6.18. The van der Waals surface area contributed by atoms with E-state index >= 15 is 0 Å². The van der Waals surface area contributed by atoms with E-state index in [9.17, 15) is 4.79 Å². The molecule has 0 bridgehead atoms. The minimum Gasteiger partial charge on any atom is -0.469 e. The van der Waals surface area contributed by atoms with Crippen molar-refractivity contribution in [1.82, 2.24) is 9.97 Å². The average Bonchev–Trinajstić information content (AvgIpc) is 2.82. The molecule has 0 aliphatic rings. The van der Waals surface area contributed by atoms with Gasteiger partial charge in [-0.1, -0.05) is 12.1 Å². The first-order valence-corrected chi connectivity index (χ1v) is 8.46. The molecule has 3 aromatic rings. The van der Waals surface area contributed by atoms with Crippen molar-refractivity contribution < 1.29 is 9.53 Å². The summed E-state index contributed by atoms with van der Waals surface area (Å²) in [4.78, 5) is 22.8. The Balaban J connectivity index is 2.10. The number of methoxy groups -OCH3 is 1. The lowest BCUT2D eigenvalue weighted by atomic mass is 10.2. The van der Waals surface area contributed by atoms with Crippen LogP contribution >= 0.6 is 11.3 Å². The third-order valence-corrected chi connectivity index (χ3v) is 4.99. The SMILES string of the molecule is COC(=O)Cc1nc(Nc2cccc(C)c2)c2c(C)c(C)sc2n1. The summed E-state index contributed by atoms with van der Waals surface area (Å²) in [7, 11) is 1.37. The van der Waals surface area contributed by atoms with Gasteiger partial charge in [-0.3, -0.25) is 4.79 Å². The minimum absolute atomic E-state index is 0.0604. The van der Waals surface area contributed by atoms with Gasteiger partial charge in [0.05, 0.1) is 12.5 Å². The predicted molar refractivity (Wildman–Crippen MR) is 97.1 cm³/mol. The number of hydrogen-bond donors (Lipinski definition) is 1. The summed E-state index contributed by atoms with van der Waals surface area (Å²) in [6, 6.07) is 8.10. The zero-order valence-corrected chi connectivity index (χ0v) is 15.0. The second kappa shape index (κ2) is 6.57. The Kier molecular flexibility index (Phi) is 4.49. The van der Waals surface area contributed by atoms with Gasteiger partial charge in [0.25, 0.3) is 0 Å². The van der Waals surface area contributed by atoms with Gasteiger partial charge in [0.1, 0.15) is 22.9 Å². The van der Waals surface area contributed by atoms with Gasteiger partial charge in [0.2, 0.25) is 0 Å². The first-order chi connectivity index (χ1) is 11.5. The molecule has 1 N–H and O–H groups in total. The zero-order valence-electron chi connectivity index (χ0n) is 14.1. The van der Waals surface area contributed by atoms with E-state index in [0.717, 1.165) is 27.3 Å². The molecule has 24 heavy (non-hydrogen) atoms. The molecule has 1 aromatic carbocycles. The molecule has 0 fully saturated rings.